The van der Waals surface area contributed by atoms with E-state index in [4.69, 9.17) is 0 Å². The van der Waals surface area contributed by atoms with Crippen LogP contribution in [-0.2, 0) is 16.6 Å². The minimum Gasteiger partial charge on any atom is -0.306 e. The van der Waals surface area contributed by atoms with E-state index in [9.17, 15) is 8.42 Å². The SMILES string of the molecule is CNS(=O)(=O)c1ccc(CN2CCC[C@]3(CCN(C)C3)C2)cc1. The zero-order chi connectivity index (χ0) is 16.5. The summed E-state index contributed by atoms with van der Waals surface area (Å²) in [7, 11) is 0.315. The number of piperidine rings is 1. The van der Waals surface area contributed by atoms with E-state index < -0.39 is 10.0 Å². The highest BCUT2D eigenvalue weighted by Crippen LogP contribution is 2.38. The van der Waals surface area contributed by atoms with E-state index in [-0.39, 0.29) is 0 Å². The smallest absolute Gasteiger partial charge is 0.240 e. The van der Waals surface area contributed by atoms with Crippen molar-refractivity contribution in [1.82, 2.24) is 14.5 Å². The van der Waals surface area contributed by atoms with Crippen molar-refractivity contribution in [3.63, 3.8) is 0 Å². The first kappa shape index (κ1) is 16.9. The molecule has 6 heteroatoms. The summed E-state index contributed by atoms with van der Waals surface area (Å²) in [6.45, 7) is 5.63. The normalized spacial score (nSPS) is 26.9. The predicted octanol–water partition coefficient (Wildman–Crippen LogP) is 1.51. The van der Waals surface area contributed by atoms with Gasteiger partial charge in [-0.15, -0.1) is 0 Å². The quantitative estimate of drug-likeness (QED) is 0.905. The minimum atomic E-state index is -3.34. The van der Waals surface area contributed by atoms with Crippen molar-refractivity contribution < 1.29 is 8.42 Å². The molecule has 2 heterocycles. The Kier molecular flexibility index (Phi) is 4.78. The Labute approximate surface area is 139 Å². The molecule has 1 N–H and O–H groups in total. The Morgan fingerprint density at radius 1 is 1.13 bits per heavy atom. The molecule has 3 rings (SSSR count). The van der Waals surface area contributed by atoms with Gasteiger partial charge in [0.1, 0.15) is 0 Å². The van der Waals surface area contributed by atoms with Gasteiger partial charge in [0.05, 0.1) is 4.90 Å². The highest BCUT2D eigenvalue weighted by Gasteiger charge is 2.39. The third-order valence-corrected chi connectivity index (χ3v) is 6.71. The van der Waals surface area contributed by atoms with E-state index in [1.807, 2.05) is 12.1 Å². The van der Waals surface area contributed by atoms with Crippen molar-refractivity contribution in [3.05, 3.63) is 29.8 Å². The molecule has 2 saturated heterocycles. The van der Waals surface area contributed by atoms with E-state index in [1.54, 1.807) is 12.1 Å². The fourth-order valence-corrected chi connectivity index (χ4v) is 4.82. The van der Waals surface area contributed by atoms with Crippen LogP contribution in [0.25, 0.3) is 0 Å². The van der Waals surface area contributed by atoms with Crippen molar-refractivity contribution in [3.8, 4) is 0 Å². The van der Waals surface area contributed by atoms with E-state index in [0.29, 0.717) is 10.3 Å². The highest BCUT2D eigenvalue weighted by atomic mass is 32.2. The number of sulfonamides is 1. The van der Waals surface area contributed by atoms with Crippen LogP contribution < -0.4 is 4.72 Å². The van der Waals surface area contributed by atoms with Gasteiger partial charge < -0.3 is 4.90 Å². The summed E-state index contributed by atoms with van der Waals surface area (Å²) in [6.07, 6.45) is 3.91. The first-order valence-corrected chi connectivity index (χ1v) is 9.84. The fraction of sp³-hybridized carbons (Fsp3) is 0.647. The molecule has 0 aromatic heterocycles. The van der Waals surface area contributed by atoms with Crippen molar-refractivity contribution in [2.45, 2.75) is 30.7 Å². The number of nitrogens with one attached hydrogen (secondary N) is 1. The maximum atomic E-state index is 11.8. The summed E-state index contributed by atoms with van der Waals surface area (Å²) in [5.74, 6) is 0. The Balaban J connectivity index is 1.65. The number of likely N-dealkylation sites (tertiary alicyclic amines) is 2. The Hall–Kier alpha value is -0.950. The minimum absolute atomic E-state index is 0.330. The summed E-state index contributed by atoms with van der Waals surface area (Å²) in [5.41, 5.74) is 1.66. The second-order valence-electron chi connectivity index (χ2n) is 7.15. The molecular weight excluding hydrogens is 310 g/mol. The first-order valence-electron chi connectivity index (χ1n) is 8.36. The summed E-state index contributed by atoms with van der Waals surface area (Å²) in [5, 5.41) is 0. The number of hydrogen-bond acceptors (Lipinski definition) is 4. The maximum absolute atomic E-state index is 11.8. The molecule has 1 spiro atoms. The van der Waals surface area contributed by atoms with Crippen LogP contribution in [0.15, 0.2) is 29.2 Å². The van der Waals surface area contributed by atoms with E-state index in [2.05, 4.69) is 21.6 Å². The van der Waals surface area contributed by atoms with Crippen LogP contribution in [0.1, 0.15) is 24.8 Å². The molecule has 0 radical (unpaired) electrons. The third-order valence-electron chi connectivity index (χ3n) is 5.28. The maximum Gasteiger partial charge on any atom is 0.240 e. The lowest BCUT2D eigenvalue weighted by Gasteiger charge is -2.40. The molecule has 128 valence electrons. The van der Waals surface area contributed by atoms with Crippen LogP contribution in [0.3, 0.4) is 0 Å². The molecular formula is C17H27N3O2S. The molecule has 0 saturated carbocycles. The molecule has 2 fully saturated rings. The molecule has 0 unspecified atom stereocenters. The lowest BCUT2D eigenvalue weighted by atomic mass is 9.79. The van der Waals surface area contributed by atoms with Gasteiger partial charge in [0.25, 0.3) is 0 Å². The molecule has 1 atom stereocenters. The largest absolute Gasteiger partial charge is 0.306 e. The van der Waals surface area contributed by atoms with Crippen molar-refractivity contribution in [2.24, 2.45) is 5.41 Å². The van der Waals surface area contributed by atoms with Crippen LogP contribution in [0.4, 0.5) is 0 Å². The van der Waals surface area contributed by atoms with Gasteiger partial charge in [-0.3, -0.25) is 4.90 Å². The molecule has 0 amide bonds. The van der Waals surface area contributed by atoms with Crippen LogP contribution in [0.5, 0.6) is 0 Å². The average Bonchev–Trinajstić information content (AvgIpc) is 2.88. The molecule has 23 heavy (non-hydrogen) atoms. The Morgan fingerprint density at radius 2 is 1.87 bits per heavy atom. The summed E-state index contributed by atoms with van der Waals surface area (Å²) >= 11 is 0. The van der Waals surface area contributed by atoms with Gasteiger partial charge in [0.2, 0.25) is 10.0 Å². The van der Waals surface area contributed by atoms with E-state index in [0.717, 1.165) is 19.6 Å². The second kappa shape index (κ2) is 6.51. The lowest BCUT2D eigenvalue weighted by Crippen LogP contribution is -2.44. The van der Waals surface area contributed by atoms with Gasteiger partial charge in [0, 0.05) is 19.6 Å². The van der Waals surface area contributed by atoms with Crippen LogP contribution >= 0.6 is 0 Å². The molecule has 5 nitrogen and oxygen atoms in total. The van der Waals surface area contributed by atoms with Crippen LogP contribution in [0, 0.1) is 5.41 Å². The summed E-state index contributed by atoms with van der Waals surface area (Å²) in [6, 6.07) is 7.27. The molecule has 0 bridgehead atoms. The Morgan fingerprint density at radius 3 is 2.48 bits per heavy atom. The number of benzene rings is 1. The standard InChI is InChI=1S/C17H27N3O2S/c1-18-23(21,22)16-6-4-15(5-7-16)12-20-10-3-8-17(14-20)9-11-19(2)13-17/h4-7,18H,3,8-14H2,1-2H3/t17-/m1/s1. The van der Waals surface area contributed by atoms with Gasteiger partial charge in [-0.25, -0.2) is 13.1 Å². The molecule has 1 aromatic carbocycles. The van der Waals surface area contributed by atoms with Crippen molar-refractivity contribution in [2.75, 3.05) is 40.3 Å². The van der Waals surface area contributed by atoms with Gasteiger partial charge in [0.15, 0.2) is 0 Å². The van der Waals surface area contributed by atoms with Gasteiger partial charge in [-0.2, -0.15) is 0 Å². The number of rotatable bonds is 4. The number of nitrogens with zero attached hydrogens (tertiary/aromatic N) is 2. The second-order valence-corrected chi connectivity index (χ2v) is 9.04. The zero-order valence-corrected chi connectivity index (χ0v) is 14.9. The third kappa shape index (κ3) is 3.76. The fourth-order valence-electron chi connectivity index (χ4n) is 4.09. The van der Waals surface area contributed by atoms with Crippen molar-refractivity contribution in [1.29, 1.82) is 0 Å². The zero-order valence-electron chi connectivity index (χ0n) is 14.1. The number of hydrogen-bond donors (Lipinski definition) is 1. The summed E-state index contributed by atoms with van der Waals surface area (Å²) < 4.78 is 25.9. The van der Waals surface area contributed by atoms with Gasteiger partial charge in [-0.1, -0.05) is 12.1 Å². The molecule has 2 aliphatic rings. The first-order chi connectivity index (χ1) is 10.9. The monoisotopic (exact) mass is 337 g/mol. The van der Waals surface area contributed by atoms with Crippen LogP contribution in [0.2, 0.25) is 0 Å². The average molecular weight is 337 g/mol. The van der Waals surface area contributed by atoms with Gasteiger partial charge >= 0.3 is 0 Å². The summed E-state index contributed by atoms with van der Waals surface area (Å²) in [4.78, 5) is 5.31. The Bertz CT molecular complexity index is 640. The predicted molar refractivity (Wildman–Crippen MR) is 91.7 cm³/mol. The molecule has 2 aliphatic heterocycles. The topological polar surface area (TPSA) is 52.7 Å². The molecule has 1 aromatic rings. The lowest BCUT2D eigenvalue weighted by molar-refractivity contribution is 0.0900. The highest BCUT2D eigenvalue weighted by molar-refractivity contribution is 7.89. The van der Waals surface area contributed by atoms with Crippen LogP contribution in [-0.4, -0.2) is 58.5 Å². The van der Waals surface area contributed by atoms with E-state index >= 15 is 0 Å². The van der Waals surface area contributed by atoms with E-state index in [1.165, 1.54) is 45.0 Å². The van der Waals surface area contributed by atoms with Crippen molar-refractivity contribution >= 4 is 10.0 Å². The van der Waals surface area contributed by atoms with Gasteiger partial charge in [-0.05, 0) is 69.6 Å². The molecule has 0 aliphatic carbocycles.